The van der Waals surface area contributed by atoms with E-state index in [0.717, 1.165) is 17.7 Å². The molecular formula is C21H23F2NO3. The van der Waals surface area contributed by atoms with Crippen LogP contribution in [0, 0.1) is 11.6 Å². The summed E-state index contributed by atoms with van der Waals surface area (Å²) in [6.07, 6.45) is 1.05. The van der Waals surface area contributed by atoms with Gasteiger partial charge in [0.25, 0.3) is 0 Å². The number of carbonyl (C=O) groups excluding carboxylic acids is 1. The molecule has 6 heteroatoms. The lowest BCUT2D eigenvalue weighted by Crippen LogP contribution is -2.51. The fraction of sp³-hybridized carbons (Fsp3) is 0.381. The van der Waals surface area contributed by atoms with Crippen molar-refractivity contribution in [2.24, 2.45) is 0 Å². The van der Waals surface area contributed by atoms with Crippen molar-refractivity contribution in [3.05, 3.63) is 71.3 Å². The van der Waals surface area contributed by atoms with Gasteiger partial charge in [-0.15, -0.1) is 0 Å². The van der Waals surface area contributed by atoms with Crippen LogP contribution in [0.25, 0.3) is 0 Å². The molecule has 1 amide bonds. The first-order valence-electron chi connectivity index (χ1n) is 8.95. The Labute approximate surface area is 157 Å². The van der Waals surface area contributed by atoms with E-state index in [-0.39, 0.29) is 18.0 Å². The van der Waals surface area contributed by atoms with Gasteiger partial charge in [-0.05, 0) is 31.4 Å². The summed E-state index contributed by atoms with van der Waals surface area (Å²) in [6, 6.07) is 12.4. The van der Waals surface area contributed by atoms with Crippen molar-refractivity contribution in [2.45, 2.75) is 30.8 Å². The summed E-state index contributed by atoms with van der Waals surface area (Å²) in [5.41, 5.74) is -1.60. The molecule has 1 aliphatic rings. The van der Waals surface area contributed by atoms with Crippen LogP contribution in [0.15, 0.2) is 48.5 Å². The van der Waals surface area contributed by atoms with Crippen molar-refractivity contribution < 1.29 is 23.4 Å². The molecule has 1 aliphatic heterocycles. The Kier molecular flexibility index (Phi) is 5.58. The monoisotopic (exact) mass is 375 g/mol. The molecule has 3 rings (SSSR count). The maximum absolute atomic E-state index is 14.0. The summed E-state index contributed by atoms with van der Waals surface area (Å²) in [5.74, 6) is -1.81. The summed E-state index contributed by atoms with van der Waals surface area (Å²) in [6.45, 7) is 2.13. The molecular weight excluding hydrogens is 352 g/mol. The summed E-state index contributed by atoms with van der Waals surface area (Å²) in [4.78, 5) is 13.1. The zero-order chi connectivity index (χ0) is 19.5. The average molecular weight is 375 g/mol. The number of rotatable bonds is 5. The Balaban J connectivity index is 1.80. The molecule has 1 saturated heterocycles. The first-order chi connectivity index (χ1) is 12.8. The molecule has 0 radical (unpaired) electrons. The minimum Gasteiger partial charge on any atom is -0.383 e. The summed E-state index contributed by atoms with van der Waals surface area (Å²) < 4.78 is 32.6. The SMILES string of the molecule is CC(O)(CNC(=O)C1(c2ccccc2)CCOCC1)c1ccc(F)cc1F. The number of benzene rings is 2. The van der Waals surface area contributed by atoms with Gasteiger partial charge in [0.2, 0.25) is 5.91 Å². The van der Waals surface area contributed by atoms with Gasteiger partial charge >= 0.3 is 0 Å². The highest BCUT2D eigenvalue weighted by Gasteiger charge is 2.42. The van der Waals surface area contributed by atoms with Crippen molar-refractivity contribution in [2.75, 3.05) is 19.8 Å². The number of amides is 1. The van der Waals surface area contributed by atoms with E-state index in [4.69, 9.17) is 4.74 Å². The van der Waals surface area contributed by atoms with Crippen LogP contribution in [0.4, 0.5) is 8.78 Å². The largest absolute Gasteiger partial charge is 0.383 e. The van der Waals surface area contributed by atoms with Gasteiger partial charge in [-0.1, -0.05) is 36.4 Å². The van der Waals surface area contributed by atoms with Crippen LogP contribution in [0.1, 0.15) is 30.9 Å². The van der Waals surface area contributed by atoms with Crippen molar-refractivity contribution in [1.29, 1.82) is 0 Å². The van der Waals surface area contributed by atoms with E-state index in [2.05, 4.69) is 5.32 Å². The van der Waals surface area contributed by atoms with Gasteiger partial charge in [-0.3, -0.25) is 4.79 Å². The van der Waals surface area contributed by atoms with Crippen molar-refractivity contribution in [3.8, 4) is 0 Å². The quantitative estimate of drug-likeness (QED) is 0.845. The Hall–Kier alpha value is -2.31. The van der Waals surface area contributed by atoms with Crippen molar-refractivity contribution >= 4 is 5.91 Å². The second-order valence-electron chi connectivity index (χ2n) is 7.14. The van der Waals surface area contributed by atoms with Crippen LogP contribution in [-0.2, 0) is 20.5 Å². The van der Waals surface area contributed by atoms with Crippen LogP contribution < -0.4 is 5.32 Å². The normalized spacial score (nSPS) is 18.5. The Morgan fingerprint density at radius 1 is 1.19 bits per heavy atom. The van der Waals surface area contributed by atoms with Crippen LogP contribution >= 0.6 is 0 Å². The predicted molar refractivity (Wildman–Crippen MR) is 97.1 cm³/mol. The zero-order valence-electron chi connectivity index (χ0n) is 15.2. The molecule has 1 heterocycles. The highest BCUT2D eigenvalue weighted by Crippen LogP contribution is 2.35. The molecule has 0 spiro atoms. The van der Waals surface area contributed by atoms with Crippen molar-refractivity contribution in [1.82, 2.24) is 5.32 Å². The van der Waals surface area contributed by atoms with Crippen LogP contribution in [-0.4, -0.2) is 30.8 Å². The topological polar surface area (TPSA) is 58.6 Å². The Morgan fingerprint density at radius 3 is 2.48 bits per heavy atom. The first kappa shape index (κ1) is 19.5. The third-order valence-electron chi connectivity index (χ3n) is 5.21. The van der Waals surface area contributed by atoms with E-state index < -0.39 is 22.7 Å². The predicted octanol–water partition coefficient (Wildman–Crippen LogP) is 3.04. The number of aliphatic hydroxyl groups is 1. The van der Waals surface area contributed by atoms with Crippen LogP contribution in [0.5, 0.6) is 0 Å². The highest BCUT2D eigenvalue weighted by molar-refractivity contribution is 5.88. The molecule has 0 saturated carbocycles. The minimum atomic E-state index is -1.67. The highest BCUT2D eigenvalue weighted by atomic mass is 19.1. The standard InChI is InChI=1S/C21H23F2NO3/c1-20(26,17-8-7-16(22)13-18(17)23)14-24-19(25)21(9-11-27-12-10-21)15-5-3-2-4-6-15/h2-8,13,26H,9-12,14H2,1H3,(H,24,25). The maximum atomic E-state index is 14.0. The minimum absolute atomic E-state index is 0.0649. The van der Waals surface area contributed by atoms with E-state index in [9.17, 15) is 18.7 Å². The molecule has 1 fully saturated rings. The molecule has 0 aromatic heterocycles. The molecule has 0 aliphatic carbocycles. The van der Waals surface area contributed by atoms with Gasteiger partial charge < -0.3 is 15.2 Å². The first-order valence-corrected chi connectivity index (χ1v) is 8.95. The lowest BCUT2D eigenvalue weighted by Gasteiger charge is -2.37. The molecule has 27 heavy (non-hydrogen) atoms. The molecule has 4 nitrogen and oxygen atoms in total. The number of nitrogens with one attached hydrogen (secondary N) is 1. The fourth-order valence-corrected chi connectivity index (χ4v) is 3.57. The Bertz CT molecular complexity index is 802. The van der Waals surface area contributed by atoms with E-state index in [1.807, 2.05) is 30.3 Å². The summed E-state index contributed by atoms with van der Waals surface area (Å²) in [7, 11) is 0. The number of halogens is 2. The number of hydrogen-bond acceptors (Lipinski definition) is 3. The molecule has 2 aromatic rings. The van der Waals surface area contributed by atoms with E-state index >= 15 is 0 Å². The van der Waals surface area contributed by atoms with Crippen LogP contribution in [0.2, 0.25) is 0 Å². The van der Waals surface area contributed by atoms with E-state index in [1.54, 1.807) is 0 Å². The van der Waals surface area contributed by atoms with Gasteiger partial charge in [0.05, 0.1) is 12.0 Å². The van der Waals surface area contributed by atoms with Gasteiger partial charge in [0.1, 0.15) is 17.2 Å². The average Bonchev–Trinajstić information content (AvgIpc) is 2.67. The van der Waals surface area contributed by atoms with Gasteiger partial charge in [-0.25, -0.2) is 8.78 Å². The zero-order valence-corrected chi connectivity index (χ0v) is 15.2. The van der Waals surface area contributed by atoms with Gasteiger partial charge in [0.15, 0.2) is 0 Å². The lowest BCUT2D eigenvalue weighted by atomic mass is 9.73. The Morgan fingerprint density at radius 2 is 1.85 bits per heavy atom. The molecule has 2 aromatic carbocycles. The molecule has 144 valence electrons. The van der Waals surface area contributed by atoms with Crippen molar-refractivity contribution in [3.63, 3.8) is 0 Å². The lowest BCUT2D eigenvalue weighted by molar-refractivity contribution is -0.131. The molecule has 1 atom stereocenters. The molecule has 0 bridgehead atoms. The second kappa shape index (κ2) is 7.74. The van der Waals surface area contributed by atoms with Gasteiger partial charge in [-0.2, -0.15) is 0 Å². The third-order valence-corrected chi connectivity index (χ3v) is 5.21. The third kappa shape index (κ3) is 4.01. The van der Waals surface area contributed by atoms with E-state index in [1.165, 1.54) is 13.0 Å². The number of ether oxygens (including phenoxy) is 1. The number of carbonyl (C=O) groups is 1. The molecule has 1 unspecified atom stereocenters. The summed E-state index contributed by atoms with van der Waals surface area (Å²) >= 11 is 0. The second-order valence-corrected chi connectivity index (χ2v) is 7.14. The fourth-order valence-electron chi connectivity index (χ4n) is 3.57. The number of hydrogen-bond donors (Lipinski definition) is 2. The molecule has 2 N–H and O–H groups in total. The van der Waals surface area contributed by atoms with E-state index in [0.29, 0.717) is 26.1 Å². The summed E-state index contributed by atoms with van der Waals surface area (Å²) in [5, 5.41) is 13.4. The maximum Gasteiger partial charge on any atom is 0.230 e. The van der Waals surface area contributed by atoms with Gasteiger partial charge in [0, 0.05) is 24.8 Å². The smallest absolute Gasteiger partial charge is 0.230 e. The van der Waals surface area contributed by atoms with Crippen LogP contribution in [0.3, 0.4) is 0 Å².